The Morgan fingerprint density at radius 1 is 0.202 bits per heavy atom. The third-order valence-electron chi connectivity index (χ3n) is 22.4. The Balaban J connectivity index is 0.943. The maximum atomic E-state index is 2.66. The van der Waals surface area contributed by atoms with Gasteiger partial charge in [0.25, 0.3) is 0 Å². The first-order valence-corrected chi connectivity index (χ1v) is 40.9. The van der Waals surface area contributed by atoms with E-state index >= 15 is 0 Å². The second kappa shape index (κ2) is 34.9. The Kier molecular flexibility index (Phi) is 22.4. The first kappa shape index (κ1) is 73.4. The molecular formula is C108H96N6. The summed E-state index contributed by atoms with van der Waals surface area (Å²) in [5.74, 6) is 0. The molecule has 0 aliphatic carbocycles. The molecule has 17 aromatic rings. The monoisotopic (exact) mass is 1480 g/mol. The number of anilines is 12. The van der Waals surface area contributed by atoms with Crippen molar-refractivity contribution in [2.24, 2.45) is 0 Å². The summed E-state index contributed by atoms with van der Waals surface area (Å²) in [6, 6.07) is 148. The fourth-order valence-corrected chi connectivity index (χ4v) is 16.7. The van der Waals surface area contributed by atoms with Crippen LogP contribution in [0.25, 0.3) is 66.6 Å². The van der Waals surface area contributed by atoms with Crippen LogP contribution in [0, 0.1) is 0 Å². The van der Waals surface area contributed by atoms with Gasteiger partial charge in [-0.2, -0.15) is 0 Å². The Labute approximate surface area is 673 Å². The predicted octanol–water partition coefficient (Wildman–Crippen LogP) is 30.5. The van der Waals surface area contributed by atoms with Crippen LogP contribution in [0.4, 0.5) is 68.2 Å². The average molecular weight is 1480 g/mol. The molecule has 2 heterocycles. The van der Waals surface area contributed by atoms with Crippen LogP contribution in [0.2, 0.25) is 0 Å². The lowest BCUT2D eigenvalue weighted by Gasteiger charge is -2.26. The molecule has 0 radical (unpaired) electrons. The normalized spacial score (nSPS) is 11.3. The molecule has 6 nitrogen and oxygen atoms in total. The van der Waals surface area contributed by atoms with E-state index in [1.807, 2.05) is 0 Å². The summed E-state index contributed by atoms with van der Waals surface area (Å²) < 4.78 is 5.32. The molecule has 558 valence electrons. The zero-order chi connectivity index (χ0) is 76.8. The second-order valence-corrected chi connectivity index (χ2v) is 30.0. The van der Waals surface area contributed by atoms with E-state index in [0.717, 1.165) is 126 Å². The van der Waals surface area contributed by atoms with Gasteiger partial charge in [0.15, 0.2) is 0 Å². The van der Waals surface area contributed by atoms with Crippen molar-refractivity contribution >= 4 is 90.1 Å². The number of para-hydroxylation sites is 8. The standard InChI is InChI=1S/C108H96N6/c1-3-5-7-17-35-81-53-57-83(58-54-81)79-109-103-77-102-104(78-101(103)105(85-61-69-97(70-62-85)111(89-37-19-9-20-38-89)90-39-21-10-22-40-90)107(109)87-65-73-99(74-66-87)113(93-45-27-13-28-46-93)94-47-29-14-30-48-94)110(80-84-59-55-82(56-60-84)36-18-8-6-4-2)108(88-67-75-100(76-68-88)114(95-49-31-15-32-50-95)96-51-33-16-34-52-96)106(102)86-63-71-98(72-64-86)112(91-41-23-11-24-42-91)92-43-25-12-26-44-92/h9-16,19-34,37-78H,3-8,17-18,35-36,79-80H2,1-2H3. The van der Waals surface area contributed by atoms with Gasteiger partial charge in [-0.25, -0.2) is 0 Å². The summed E-state index contributed by atoms with van der Waals surface area (Å²) in [6.45, 7) is 5.84. The van der Waals surface area contributed by atoms with Crippen LogP contribution in [0.5, 0.6) is 0 Å². The van der Waals surface area contributed by atoms with E-state index in [1.165, 1.54) is 95.5 Å². The number of aromatic nitrogens is 2. The zero-order valence-electron chi connectivity index (χ0n) is 65.3. The highest BCUT2D eigenvalue weighted by Gasteiger charge is 2.29. The molecular weight excluding hydrogens is 1380 g/mol. The van der Waals surface area contributed by atoms with Crippen LogP contribution in [0.15, 0.2) is 400 Å². The first-order valence-electron chi connectivity index (χ1n) is 40.9. The van der Waals surface area contributed by atoms with Crippen LogP contribution in [-0.2, 0) is 25.9 Å². The smallest absolute Gasteiger partial charge is 0.0574 e. The highest BCUT2D eigenvalue weighted by Crippen LogP contribution is 2.51. The van der Waals surface area contributed by atoms with Crippen molar-refractivity contribution in [2.75, 3.05) is 19.6 Å². The third-order valence-corrected chi connectivity index (χ3v) is 22.4. The van der Waals surface area contributed by atoms with Crippen molar-refractivity contribution in [1.29, 1.82) is 0 Å². The minimum Gasteiger partial charge on any atom is -0.335 e. The van der Waals surface area contributed by atoms with Crippen LogP contribution in [0.1, 0.15) is 87.5 Å². The highest BCUT2D eigenvalue weighted by molar-refractivity contribution is 6.15. The summed E-state index contributed by atoms with van der Waals surface area (Å²) in [4.78, 5) is 9.46. The van der Waals surface area contributed by atoms with Gasteiger partial charge in [0.1, 0.15) is 0 Å². The number of nitrogens with zero attached hydrogens (tertiary/aromatic N) is 6. The molecule has 17 rings (SSSR count). The van der Waals surface area contributed by atoms with Gasteiger partial charge >= 0.3 is 0 Å². The van der Waals surface area contributed by atoms with E-state index in [-0.39, 0.29) is 0 Å². The van der Waals surface area contributed by atoms with Crippen molar-refractivity contribution < 1.29 is 0 Å². The Hall–Kier alpha value is -13.4. The van der Waals surface area contributed by atoms with Gasteiger partial charge in [0.2, 0.25) is 0 Å². The molecule has 0 unspecified atom stereocenters. The van der Waals surface area contributed by atoms with E-state index in [1.54, 1.807) is 0 Å². The molecule has 0 N–H and O–H groups in total. The molecule has 0 saturated carbocycles. The number of benzene rings is 15. The van der Waals surface area contributed by atoms with Crippen molar-refractivity contribution in [2.45, 2.75) is 91.1 Å². The van der Waals surface area contributed by atoms with Gasteiger partial charge in [0.05, 0.1) is 22.4 Å². The van der Waals surface area contributed by atoms with E-state index < -0.39 is 0 Å². The molecule has 15 aromatic carbocycles. The topological polar surface area (TPSA) is 22.8 Å². The SMILES string of the molecule is CCCCCCc1ccc(Cn2c(-c3ccc(N(c4ccccc4)c4ccccc4)cc3)c(-c3ccc(N(c4ccccc4)c4ccccc4)cc3)c3cc4c(cc32)c(-c2ccc(N(c3ccccc3)c3ccccc3)cc2)c(-c2ccc(N(c3ccccc3)c3ccccc3)cc2)n4Cc2ccc(CCCCCC)cc2)cc1. The van der Waals surface area contributed by atoms with Crippen LogP contribution >= 0.6 is 0 Å². The van der Waals surface area contributed by atoms with Crippen molar-refractivity contribution in [3.63, 3.8) is 0 Å². The average Bonchev–Trinajstić information content (AvgIpc) is 1.55. The molecule has 0 bridgehead atoms. The van der Waals surface area contributed by atoms with Crippen molar-refractivity contribution in [3.8, 4) is 44.8 Å². The number of rotatable bonds is 30. The lowest BCUT2D eigenvalue weighted by molar-refractivity contribution is 0.666. The van der Waals surface area contributed by atoms with E-state index in [9.17, 15) is 0 Å². The molecule has 0 atom stereocenters. The fourth-order valence-electron chi connectivity index (χ4n) is 16.7. The van der Waals surface area contributed by atoms with Crippen molar-refractivity contribution in [3.05, 3.63) is 423 Å². The fraction of sp³-hybridized carbons (Fsp3) is 0.130. The molecule has 2 aromatic heterocycles. The summed E-state index contributed by atoms with van der Waals surface area (Å²) >= 11 is 0. The molecule has 0 aliphatic rings. The molecule has 114 heavy (non-hydrogen) atoms. The second-order valence-electron chi connectivity index (χ2n) is 30.0. The molecule has 0 aliphatic heterocycles. The van der Waals surface area contributed by atoms with E-state index in [2.05, 4.69) is 443 Å². The molecule has 0 fully saturated rings. The summed E-state index contributed by atoms with van der Waals surface area (Å²) in [6.07, 6.45) is 12.0. The van der Waals surface area contributed by atoms with Crippen LogP contribution in [0.3, 0.4) is 0 Å². The van der Waals surface area contributed by atoms with E-state index in [0.29, 0.717) is 13.1 Å². The summed E-state index contributed by atoms with van der Waals surface area (Å²) in [5, 5.41) is 2.35. The largest absolute Gasteiger partial charge is 0.335 e. The number of hydrogen-bond acceptors (Lipinski definition) is 4. The molecule has 0 spiro atoms. The predicted molar refractivity (Wildman–Crippen MR) is 485 cm³/mol. The summed E-state index contributed by atoms with van der Waals surface area (Å²) in [7, 11) is 0. The minimum absolute atomic E-state index is 0.626. The van der Waals surface area contributed by atoms with Gasteiger partial charge in [-0.1, -0.05) is 295 Å². The number of unbranched alkanes of at least 4 members (excludes halogenated alkanes) is 6. The van der Waals surface area contributed by atoms with Gasteiger partial charge in [-0.15, -0.1) is 0 Å². The molecule has 0 amide bonds. The first-order chi connectivity index (χ1) is 56.5. The van der Waals surface area contributed by atoms with Gasteiger partial charge in [-0.05, 0) is 228 Å². The third kappa shape index (κ3) is 16.0. The zero-order valence-corrected chi connectivity index (χ0v) is 65.3. The van der Waals surface area contributed by atoms with E-state index in [4.69, 9.17) is 0 Å². The maximum absolute atomic E-state index is 2.66. The maximum Gasteiger partial charge on any atom is 0.0574 e. The van der Waals surface area contributed by atoms with Gasteiger partial charge < -0.3 is 28.7 Å². The Morgan fingerprint density at radius 3 is 0.640 bits per heavy atom. The Morgan fingerprint density at radius 2 is 0.412 bits per heavy atom. The van der Waals surface area contributed by atoms with Gasteiger partial charge in [-0.3, -0.25) is 0 Å². The van der Waals surface area contributed by atoms with Crippen LogP contribution in [-0.4, -0.2) is 9.13 Å². The molecule has 0 saturated heterocycles. The minimum atomic E-state index is 0.626. The lowest BCUT2D eigenvalue weighted by atomic mass is 9.95. The Bertz CT molecular complexity index is 5390. The molecule has 6 heteroatoms. The quantitative estimate of drug-likeness (QED) is 0.0419. The number of aryl methyl sites for hydroxylation is 2. The van der Waals surface area contributed by atoms with Crippen LogP contribution < -0.4 is 19.6 Å². The lowest BCUT2D eigenvalue weighted by Crippen LogP contribution is -2.09. The number of hydrogen-bond donors (Lipinski definition) is 0. The highest BCUT2D eigenvalue weighted by atomic mass is 15.2. The number of fused-ring (bicyclic) bond motifs is 2. The van der Waals surface area contributed by atoms with Crippen molar-refractivity contribution in [1.82, 2.24) is 9.13 Å². The summed E-state index contributed by atoms with van der Waals surface area (Å²) in [5.41, 5.74) is 29.8. The van der Waals surface area contributed by atoms with Gasteiger partial charge in [0, 0.05) is 103 Å².